The maximum Gasteiger partial charge on any atom is 0.249 e. The monoisotopic (exact) mass is 546 g/mol. The molecule has 38 heavy (non-hydrogen) atoms. The minimum atomic E-state index is -4.86. The van der Waals surface area contributed by atoms with Gasteiger partial charge in [-0.2, -0.15) is 0 Å². The SMILES string of the molecule is COc1cccc(OC)c1C(=O)P(=O)(C(=O)c1c(OC)cccc1OC)C1=C(CO)CC(CO)(CO)C=C1. The van der Waals surface area contributed by atoms with Gasteiger partial charge in [0.25, 0.3) is 0 Å². The lowest BCUT2D eigenvalue weighted by Crippen LogP contribution is -2.31. The quantitative estimate of drug-likeness (QED) is 0.339. The van der Waals surface area contributed by atoms with E-state index in [9.17, 15) is 24.9 Å². The number of hydrogen-bond donors (Lipinski definition) is 3. The van der Waals surface area contributed by atoms with Gasteiger partial charge in [0.2, 0.25) is 18.2 Å². The van der Waals surface area contributed by atoms with E-state index < -0.39 is 43.4 Å². The Morgan fingerprint density at radius 2 is 1.18 bits per heavy atom. The third kappa shape index (κ3) is 4.88. The summed E-state index contributed by atoms with van der Waals surface area (Å²) in [5.41, 5.74) is -3.73. The standard InChI is InChI=1S/C27H31O10P/c1-34-18-7-5-8-19(35-2)23(18)25(31)38(33,22-11-12-27(15-29,16-30)13-17(22)14-28)26(32)24-20(36-3)9-6-10-21(24)37-4/h5-12,28-30H,13-16H2,1-4H3. The molecule has 0 atom stereocenters. The van der Waals surface area contributed by atoms with E-state index in [0.29, 0.717) is 0 Å². The van der Waals surface area contributed by atoms with Gasteiger partial charge < -0.3 is 38.8 Å². The molecule has 0 heterocycles. The van der Waals surface area contributed by atoms with Crippen molar-refractivity contribution in [2.75, 3.05) is 48.3 Å². The highest BCUT2D eigenvalue weighted by Crippen LogP contribution is 2.64. The first kappa shape index (κ1) is 29.1. The van der Waals surface area contributed by atoms with Crippen LogP contribution in [-0.2, 0) is 4.57 Å². The Morgan fingerprint density at radius 1 is 0.789 bits per heavy atom. The van der Waals surface area contributed by atoms with E-state index in [1.54, 1.807) is 12.1 Å². The van der Waals surface area contributed by atoms with Crippen LogP contribution in [0.25, 0.3) is 0 Å². The number of ether oxygens (including phenoxy) is 4. The normalized spacial score (nSPS) is 14.7. The number of aliphatic hydroxyl groups excluding tert-OH is 3. The highest BCUT2D eigenvalue weighted by Gasteiger charge is 2.50. The first-order chi connectivity index (χ1) is 18.2. The topological polar surface area (TPSA) is 149 Å². The van der Waals surface area contributed by atoms with E-state index in [1.165, 1.54) is 64.9 Å². The lowest BCUT2D eigenvalue weighted by atomic mass is 9.80. The molecule has 10 nitrogen and oxygen atoms in total. The predicted molar refractivity (Wildman–Crippen MR) is 140 cm³/mol. The van der Waals surface area contributed by atoms with Gasteiger partial charge in [0.1, 0.15) is 34.1 Å². The van der Waals surface area contributed by atoms with Gasteiger partial charge in [0.05, 0.1) is 48.3 Å². The lowest BCUT2D eigenvalue weighted by Gasteiger charge is -2.33. The van der Waals surface area contributed by atoms with E-state index >= 15 is 4.57 Å². The average molecular weight is 547 g/mol. The second-order valence-corrected chi connectivity index (χ2v) is 11.1. The van der Waals surface area contributed by atoms with Crippen LogP contribution in [0.3, 0.4) is 0 Å². The van der Waals surface area contributed by atoms with Crippen LogP contribution in [-0.4, -0.2) is 74.6 Å². The van der Waals surface area contributed by atoms with Gasteiger partial charge in [-0.25, -0.2) is 0 Å². The van der Waals surface area contributed by atoms with Crippen molar-refractivity contribution in [3.8, 4) is 23.0 Å². The summed E-state index contributed by atoms with van der Waals surface area (Å²) in [6.07, 6.45) is 2.51. The Labute approximate surface area is 220 Å². The molecule has 1 aliphatic carbocycles. The van der Waals surface area contributed by atoms with E-state index in [0.717, 1.165) is 0 Å². The number of carbonyl (C=O) groups is 2. The molecule has 3 rings (SSSR count). The largest absolute Gasteiger partial charge is 0.496 e. The minimum absolute atomic E-state index is 0.0281. The second kappa shape index (κ2) is 12.0. The molecular formula is C27H31O10P. The molecule has 0 aliphatic heterocycles. The summed E-state index contributed by atoms with van der Waals surface area (Å²) in [4.78, 5) is 28.7. The molecule has 2 aromatic carbocycles. The smallest absolute Gasteiger partial charge is 0.249 e. The average Bonchev–Trinajstić information content (AvgIpc) is 2.98. The molecule has 0 aromatic heterocycles. The number of methoxy groups -OCH3 is 4. The molecule has 204 valence electrons. The maximum absolute atomic E-state index is 15.1. The van der Waals surface area contributed by atoms with Gasteiger partial charge in [-0.05, 0) is 36.3 Å². The van der Waals surface area contributed by atoms with Gasteiger partial charge in [0.15, 0.2) is 0 Å². The van der Waals surface area contributed by atoms with Crippen LogP contribution in [0.5, 0.6) is 23.0 Å². The van der Waals surface area contributed by atoms with Crippen LogP contribution >= 0.6 is 7.14 Å². The molecule has 1 aliphatic rings. The number of allylic oxidation sites excluding steroid dienone is 2. The van der Waals surface area contributed by atoms with E-state index in [2.05, 4.69) is 0 Å². The molecule has 0 bridgehead atoms. The lowest BCUT2D eigenvalue weighted by molar-refractivity contribution is 0.0898. The van der Waals surface area contributed by atoms with E-state index in [4.69, 9.17) is 18.9 Å². The molecule has 0 radical (unpaired) electrons. The van der Waals surface area contributed by atoms with Crippen LogP contribution in [0.1, 0.15) is 27.1 Å². The number of benzene rings is 2. The van der Waals surface area contributed by atoms with Crippen molar-refractivity contribution in [2.24, 2.45) is 5.41 Å². The molecule has 2 aromatic rings. The molecule has 0 saturated carbocycles. The third-order valence-corrected chi connectivity index (χ3v) is 9.27. The highest BCUT2D eigenvalue weighted by molar-refractivity contribution is 7.98. The van der Waals surface area contributed by atoms with Gasteiger partial charge in [-0.1, -0.05) is 24.3 Å². The fraction of sp³-hybridized carbons (Fsp3) is 0.333. The Bertz CT molecular complexity index is 1210. The summed E-state index contributed by atoms with van der Waals surface area (Å²) in [6, 6.07) is 9.01. The Morgan fingerprint density at radius 3 is 1.50 bits per heavy atom. The minimum Gasteiger partial charge on any atom is -0.496 e. The number of rotatable bonds is 12. The Kier molecular flexibility index (Phi) is 9.17. The number of hydrogen-bond acceptors (Lipinski definition) is 10. The third-order valence-electron chi connectivity index (χ3n) is 6.54. The molecule has 11 heteroatoms. The highest BCUT2D eigenvalue weighted by atomic mass is 31.2. The predicted octanol–water partition coefficient (Wildman–Crippen LogP) is 3.24. The van der Waals surface area contributed by atoms with Crippen LogP contribution < -0.4 is 18.9 Å². The molecule has 0 saturated heterocycles. The van der Waals surface area contributed by atoms with Gasteiger partial charge in [-0.15, -0.1) is 0 Å². The van der Waals surface area contributed by atoms with Crippen molar-refractivity contribution in [3.63, 3.8) is 0 Å². The summed E-state index contributed by atoms with van der Waals surface area (Å²) in [7, 11) is 0.408. The maximum atomic E-state index is 15.1. The Balaban J connectivity index is 2.41. The van der Waals surface area contributed by atoms with Crippen molar-refractivity contribution in [2.45, 2.75) is 6.42 Å². The molecule has 0 unspecified atom stereocenters. The van der Waals surface area contributed by atoms with Crippen molar-refractivity contribution in [1.29, 1.82) is 0 Å². The fourth-order valence-electron chi connectivity index (χ4n) is 4.43. The van der Waals surface area contributed by atoms with Gasteiger partial charge in [0, 0.05) is 10.7 Å². The Hall–Kier alpha value is -3.43. The van der Waals surface area contributed by atoms with Crippen molar-refractivity contribution in [3.05, 3.63) is 70.6 Å². The molecule has 3 N–H and O–H groups in total. The first-order valence-corrected chi connectivity index (χ1v) is 13.3. The summed E-state index contributed by atoms with van der Waals surface area (Å²) in [5.74, 6) is 0.112. The zero-order valence-corrected chi connectivity index (χ0v) is 22.5. The van der Waals surface area contributed by atoms with E-state index in [1.807, 2.05) is 0 Å². The first-order valence-electron chi connectivity index (χ1n) is 11.6. The summed E-state index contributed by atoms with van der Waals surface area (Å²) in [5, 5.41) is 29.9. The van der Waals surface area contributed by atoms with Crippen LogP contribution in [0, 0.1) is 5.41 Å². The zero-order valence-electron chi connectivity index (χ0n) is 21.6. The van der Waals surface area contributed by atoms with Crippen molar-refractivity contribution < 1.29 is 48.4 Å². The summed E-state index contributed by atoms with van der Waals surface area (Å²) < 4.78 is 36.6. The van der Waals surface area contributed by atoms with Crippen LogP contribution in [0.4, 0.5) is 0 Å². The van der Waals surface area contributed by atoms with Crippen molar-refractivity contribution >= 4 is 18.2 Å². The fourth-order valence-corrected chi connectivity index (χ4v) is 7.00. The summed E-state index contributed by atoms with van der Waals surface area (Å²) >= 11 is 0. The van der Waals surface area contributed by atoms with Crippen LogP contribution in [0.2, 0.25) is 0 Å². The van der Waals surface area contributed by atoms with Gasteiger partial charge >= 0.3 is 0 Å². The van der Waals surface area contributed by atoms with E-state index in [-0.39, 0.29) is 51.4 Å². The number of aliphatic hydroxyl groups is 3. The molecule has 0 fully saturated rings. The van der Waals surface area contributed by atoms with Gasteiger partial charge in [-0.3, -0.25) is 9.59 Å². The molecule has 0 spiro atoms. The number of carbonyl (C=O) groups excluding carboxylic acids is 2. The van der Waals surface area contributed by atoms with Crippen molar-refractivity contribution in [1.82, 2.24) is 0 Å². The van der Waals surface area contributed by atoms with Crippen LogP contribution in [0.15, 0.2) is 59.4 Å². The summed E-state index contributed by atoms with van der Waals surface area (Å²) in [6.45, 7) is -1.65. The molecular weight excluding hydrogens is 515 g/mol. The molecule has 0 amide bonds. The second-order valence-electron chi connectivity index (χ2n) is 8.63. The zero-order chi connectivity index (χ0) is 28.1.